The monoisotopic (exact) mass is 358 g/mol. The van der Waals surface area contributed by atoms with E-state index in [1.807, 2.05) is 60.7 Å². The number of benzene rings is 2. The molecule has 1 aliphatic rings. The van der Waals surface area contributed by atoms with Crippen molar-refractivity contribution in [1.82, 2.24) is 0 Å². The summed E-state index contributed by atoms with van der Waals surface area (Å²) in [6.07, 6.45) is 0.499. The van der Waals surface area contributed by atoms with E-state index in [0.717, 1.165) is 11.1 Å². The molecule has 3 rings (SSSR count). The van der Waals surface area contributed by atoms with Gasteiger partial charge in [-0.1, -0.05) is 60.7 Å². The van der Waals surface area contributed by atoms with Crippen LogP contribution in [0.1, 0.15) is 11.1 Å². The zero-order valence-corrected chi connectivity index (χ0v) is 13.7. The van der Waals surface area contributed by atoms with Gasteiger partial charge in [-0.25, -0.2) is 4.79 Å². The minimum atomic E-state index is -0.967. The van der Waals surface area contributed by atoms with Gasteiger partial charge >= 0.3 is 5.97 Å². The summed E-state index contributed by atoms with van der Waals surface area (Å²) in [6, 6.07) is 19.3. The number of rotatable bonds is 4. The Hall–Kier alpha value is -2.07. The lowest BCUT2D eigenvalue weighted by atomic mass is 10.0. The number of carbonyl (C=O) groups is 1. The summed E-state index contributed by atoms with van der Waals surface area (Å²) in [5.74, 6) is 0.128. The van der Waals surface area contributed by atoms with Crippen LogP contribution in [-0.4, -0.2) is 17.6 Å². The fourth-order valence-electron chi connectivity index (χ4n) is 2.61. The third-order valence-corrected chi connectivity index (χ3v) is 4.37. The molecule has 1 heterocycles. The summed E-state index contributed by atoms with van der Waals surface area (Å²) in [5, 5.41) is 0. The van der Waals surface area contributed by atoms with Gasteiger partial charge in [0.25, 0.3) is 0 Å². The lowest BCUT2D eigenvalue weighted by Crippen LogP contribution is -2.28. The Kier molecular flexibility index (Phi) is 4.03. The Morgan fingerprint density at radius 1 is 1.05 bits per heavy atom. The molecule has 22 heavy (non-hydrogen) atoms. The standard InChI is InChI=1S/C18H15BrO3/c1-21-16-15(14-10-6-3-7-11-14)17(20)22-18(16,19)12-13-8-4-2-5-9-13/h2-11H,12H2,1H3. The van der Waals surface area contributed by atoms with Crippen molar-refractivity contribution in [2.24, 2.45) is 0 Å². The maximum absolute atomic E-state index is 12.4. The SMILES string of the molecule is COC1=C(c2ccccc2)C(=O)OC1(Br)Cc1ccccc1. The number of esters is 1. The zero-order chi connectivity index (χ0) is 15.6. The maximum Gasteiger partial charge on any atom is 0.344 e. The van der Waals surface area contributed by atoms with Crippen LogP contribution in [0.3, 0.4) is 0 Å². The van der Waals surface area contributed by atoms with Crippen LogP contribution in [0.4, 0.5) is 0 Å². The molecule has 0 aromatic heterocycles. The molecule has 0 fully saturated rings. The van der Waals surface area contributed by atoms with E-state index < -0.39 is 4.51 Å². The summed E-state index contributed by atoms with van der Waals surface area (Å²) in [7, 11) is 1.56. The molecule has 1 atom stereocenters. The van der Waals surface area contributed by atoms with E-state index in [-0.39, 0.29) is 5.97 Å². The topological polar surface area (TPSA) is 35.5 Å². The highest BCUT2D eigenvalue weighted by atomic mass is 79.9. The predicted molar refractivity (Wildman–Crippen MR) is 88.3 cm³/mol. The molecule has 0 radical (unpaired) electrons. The van der Waals surface area contributed by atoms with Gasteiger partial charge in [0.05, 0.1) is 7.11 Å². The molecule has 4 heteroatoms. The van der Waals surface area contributed by atoms with Gasteiger partial charge in [0, 0.05) is 6.42 Å². The molecule has 112 valence electrons. The van der Waals surface area contributed by atoms with Crippen LogP contribution in [0.5, 0.6) is 0 Å². The number of halogens is 1. The Balaban J connectivity index is 2.03. The highest BCUT2D eigenvalue weighted by Crippen LogP contribution is 2.44. The van der Waals surface area contributed by atoms with Crippen LogP contribution in [0, 0.1) is 0 Å². The number of carbonyl (C=O) groups excluding carboxylic acids is 1. The lowest BCUT2D eigenvalue weighted by molar-refractivity contribution is -0.140. The number of cyclic esters (lactones) is 1. The molecule has 1 unspecified atom stereocenters. The average Bonchev–Trinajstić information content (AvgIpc) is 2.78. The number of alkyl halides is 1. The average molecular weight is 359 g/mol. The first kappa shape index (κ1) is 14.9. The Labute approximate surface area is 137 Å². The fraction of sp³-hybridized carbons (Fsp3) is 0.167. The first-order valence-electron chi connectivity index (χ1n) is 6.94. The van der Waals surface area contributed by atoms with Crippen molar-refractivity contribution in [3.63, 3.8) is 0 Å². The van der Waals surface area contributed by atoms with Crippen LogP contribution in [0.15, 0.2) is 66.4 Å². The Morgan fingerprint density at radius 2 is 1.64 bits per heavy atom. The fourth-order valence-corrected chi connectivity index (χ4v) is 3.44. The number of methoxy groups -OCH3 is 1. The molecular weight excluding hydrogens is 344 g/mol. The predicted octanol–water partition coefficient (Wildman–Crippen LogP) is 3.93. The van der Waals surface area contributed by atoms with Crippen molar-refractivity contribution in [2.45, 2.75) is 10.9 Å². The van der Waals surface area contributed by atoms with Gasteiger partial charge in [0.15, 0.2) is 5.76 Å². The van der Waals surface area contributed by atoms with E-state index in [0.29, 0.717) is 17.8 Å². The second-order valence-corrected chi connectivity index (χ2v) is 6.34. The minimum absolute atomic E-state index is 0.379. The third-order valence-electron chi connectivity index (χ3n) is 3.57. The molecule has 0 amide bonds. The van der Waals surface area contributed by atoms with Crippen molar-refractivity contribution >= 4 is 27.5 Å². The van der Waals surface area contributed by atoms with Gasteiger partial charge < -0.3 is 9.47 Å². The summed E-state index contributed by atoms with van der Waals surface area (Å²) < 4.78 is 10.2. The molecule has 3 nitrogen and oxygen atoms in total. The van der Waals surface area contributed by atoms with Crippen LogP contribution in [-0.2, 0) is 20.7 Å². The molecule has 0 N–H and O–H groups in total. The summed E-state index contributed by atoms with van der Waals surface area (Å²) in [5.41, 5.74) is 2.31. The van der Waals surface area contributed by atoms with Crippen molar-refractivity contribution in [1.29, 1.82) is 0 Å². The van der Waals surface area contributed by atoms with Gasteiger partial charge in [-0.15, -0.1) is 0 Å². The van der Waals surface area contributed by atoms with Crippen molar-refractivity contribution in [3.8, 4) is 0 Å². The molecule has 0 spiro atoms. The first-order chi connectivity index (χ1) is 10.6. The summed E-state index contributed by atoms with van der Waals surface area (Å²) in [6.45, 7) is 0. The van der Waals surface area contributed by atoms with E-state index in [1.54, 1.807) is 7.11 Å². The summed E-state index contributed by atoms with van der Waals surface area (Å²) >= 11 is 3.56. The molecular formula is C18H15BrO3. The summed E-state index contributed by atoms with van der Waals surface area (Å²) in [4.78, 5) is 12.4. The second kappa shape index (κ2) is 5.97. The highest BCUT2D eigenvalue weighted by Gasteiger charge is 2.47. The van der Waals surface area contributed by atoms with E-state index in [2.05, 4.69) is 15.9 Å². The Bertz CT molecular complexity index is 710. The zero-order valence-electron chi connectivity index (χ0n) is 12.1. The molecule has 0 aliphatic carbocycles. The van der Waals surface area contributed by atoms with Crippen molar-refractivity contribution in [2.75, 3.05) is 7.11 Å². The van der Waals surface area contributed by atoms with Crippen LogP contribution < -0.4 is 0 Å². The van der Waals surface area contributed by atoms with Gasteiger partial charge in [0.1, 0.15) is 5.57 Å². The van der Waals surface area contributed by atoms with Crippen LogP contribution in [0.2, 0.25) is 0 Å². The highest BCUT2D eigenvalue weighted by molar-refractivity contribution is 9.10. The van der Waals surface area contributed by atoms with Crippen molar-refractivity contribution < 1.29 is 14.3 Å². The normalized spacial score (nSPS) is 20.9. The molecule has 2 aromatic carbocycles. The Morgan fingerprint density at radius 3 is 2.23 bits per heavy atom. The van der Waals surface area contributed by atoms with E-state index in [9.17, 15) is 4.79 Å². The number of hydrogen-bond acceptors (Lipinski definition) is 3. The van der Waals surface area contributed by atoms with E-state index >= 15 is 0 Å². The smallest absolute Gasteiger partial charge is 0.344 e. The maximum atomic E-state index is 12.4. The van der Waals surface area contributed by atoms with Gasteiger partial charge in [0.2, 0.25) is 4.51 Å². The van der Waals surface area contributed by atoms with Gasteiger partial charge in [-0.3, -0.25) is 0 Å². The number of hydrogen-bond donors (Lipinski definition) is 0. The first-order valence-corrected chi connectivity index (χ1v) is 7.74. The van der Waals surface area contributed by atoms with Crippen molar-refractivity contribution in [3.05, 3.63) is 77.5 Å². The van der Waals surface area contributed by atoms with Crippen LogP contribution >= 0.6 is 15.9 Å². The molecule has 2 aromatic rings. The van der Waals surface area contributed by atoms with Gasteiger partial charge in [-0.2, -0.15) is 0 Å². The molecule has 0 bridgehead atoms. The molecule has 0 saturated carbocycles. The van der Waals surface area contributed by atoms with E-state index in [1.165, 1.54) is 0 Å². The largest absolute Gasteiger partial charge is 0.495 e. The van der Waals surface area contributed by atoms with Crippen LogP contribution in [0.25, 0.3) is 5.57 Å². The quantitative estimate of drug-likeness (QED) is 0.613. The van der Waals surface area contributed by atoms with E-state index in [4.69, 9.17) is 9.47 Å². The molecule has 0 saturated heterocycles. The van der Waals surface area contributed by atoms with Gasteiger partial charge in [-0.05, 0) is 27.1 Å². The molecule has 1 aliphatic heterocycles. The lowest BCUT2D eigenvalue weighted by Gasteiger charge is -2.23. The number of ether oxygens (including phenoxy) is 2. The minimum Gasteiger partial charge on any atom is -0.495 e. The third kappa shape index (κ3) is 2.66. The second-order valence-electron chi connectivity index (χ2n) is 5.05.